The van der Waals surface area contributed by atoms with Gasteiger partial charge in [-0.1, -0.05) is 34.6 Å². The standard InChI is InChI=1S/C16H29NO3/c1-7-20-14(19)12(15(4,5)6)13(18)17-10-16(8-9-16)11(2)3/h11-12H,7-10H2,1-6H3,(H,17,18). The number of nitrogens with one attached hydrogen (secondary N) is 1. The molecule has 20 heavy (non-hydrogen) atoms. The lowest BCUT2D eigenvalue weighted by molar-refractivity contribution is -0.156. The second kappa shape index (κ2) is 6.15. The van der Waals surface area contributed by atoms with E-state index >= 15 is 0 Å². The predicted molar refractivity (Wildman–Crippen MR) is 79.1 cm³/mol. The first-order valence-corrected chi connectivity index (χ1v) is 7.58. The Bertz CT molecular complexity index is 364. The van der Waals surface area contributed by atoms with Crippen molar-refractivity contribution in [1.29, 1.82) is 0 Å². The molecule has 1 amide bonds. The van der Waals surface area contributed by atoms with Crippen LogP contribution in [-0.4, -0.2) is 25.0 Å². The van der Waals surface area contributed by atoms with E-state index in [1.54, 1.807) is 6.92 Å². The Labute approximate surface area is 122 Å². The molecule has 0 aliphatic heterocycles. The van der Waals surface area contributed by atoms with Crippen molar-refractivity contribution in [1.82, 2.24) is 5.32 Å². The van der Waals surface area contributed by atoms with Crippen LogP contribution in [0.4, 0.5) is 0 Å². The van der Waals surface area contributed by atoms with E-state index in [-0.39, 0.29) is 11.3 Å². The van der Waals surface area contributed by atoms with Crippen LogP contribution in [0.2, 0.25) is 0 Å². The van der Waals surface area contributed by atoms with Gasteiger partial charge in [-0.2, -0.15) is 0 Å². The molecular weight excluding hydrogens is 254 g/mol. The normalized spacial score (nSPS) is 18.6. The molecule has 1 N–H and O–H groups in total. The minimum atomic E-state index is -0.745. The van der Waals surface area contributed by atoms with E-state index in [9.17, 15) is 9.59 Å². The lowest BCUT2D eigenvalue weighted by atomic mass is 9.80. The zero-order valence-corrected chi connectivity index (χ0v) is 13.7. The van der Waals surface area contributed by atoms with E-state index in [1.165, 1.54) is 0 Å². The number of amides is 1. The van der Waals surface area contributed by atoms with Crippen LogP contribution in [0.5, 0.6) is 0 Å². The molecule has 1 saturated carbocycles. The Balaban J connectivity index is 2.67. The van der Waals surface area contributed by atoms with Crippen LogP contribution in [0.1, 0.15) is 54.4 Å². The Kier molecular flexibility index (Phi) is 5.22. The molecule has 1 unspecified atom stereocenters. The predicted octanol–water partition coefficient (Wildman–Crippen LogP) is 2.76. The molecule has 0 heterocycles. The second-order valence-corrected chi connectivity index (χ2v) is 7.29. The molecule has 4 heteroatoms. The molecule has 1 fully saturated rings. The van der Waals surface area contributed by atoms with E-state index < -0.39 is 17.3 Å². The summed E-state index contributed by atoms with van der Waals surface area (Å²) in [5.74, 6) is -0.821. The number of hydrogen-bond acceptors (Lipinski definition) is 3. The number of carbonyl (C=O) groups is 2. The Morgan fingerprint density at radius 2 is 1.80 bits per heavy atom. The third kappa shape index (κ3) is 3.97. The van der Waals surface area contributed by atoms with Gasteiger partial charge in [0.1, 0.15) is 5.92 Å². The highest BCUT2D eigenvalue weighted by Crippen LogP contribution is 2.51. The molecule has 0 saturated heterocycles. The maximum absolute atomic E-state index is 12.4. The van der Waals surface area contributed by atoms with Crippen molar-refractivity contribution in [3.63, 3.8) is 0 Å². The number of hydrogen-bond donors (Lipinski definition) is 1. The molecule has 0 aromatic rings. The highest BCUT2D eigenvalue weighted by Gasteiger charge is 2.46. The Morgan fingerprint density at radius 1 is 1.25 bits per heavy atom. The molecule has 4 nitrogen and oxygen atoms in total. The second-order valence-electron chi connectivity index (χ2n) is 7.29. The molecule has 1 atom stereocenters. The fourth-order valence-corrected chi connectivity index (χ4v) is 2.56. The largest absolute Gasteiger partial charge is 0.465 e. The van der Waals surface area contributed by atoms with Gasteiger partial charge < -0.3 is 10.1 Å². The Morgan fingerprint density at radius 3 is 2.15 bits per heavy atom. The topological polar surface area (TPSA) is 55.4 Å². The average Bonchev–Trinajstić information content (AvgIpc) is 3.05. The molecule has 0 aromatic heterocycles. The first kappa shape index (κ1) is 17.0. The number of esters is 1. The Hall–Kier alpha value is -1.06. The summed E-state index contributed by atoms with van der Waals surface area (Å²) in [5, 5.41) is 2.97. The van der Waals surface area contributed by atoms with Gasteiger partial charge in [-0.15, -0.1) is 0 Å². The van der Waals surface area contributed by atoms with Crippen LogP contribution in [0.15, 0.2) is 0 Å². The molecule has 1 aliphatic rings. The van der Waals surface area contributed by atoms with Gasteiger partial charge in [0.05, 0.1) is 6.61 Å². The molecule has 116 valence electrons. The minimum Gasteiger partial charge on any atom is -0.465 e. The van der Waals surface area contributed by atoms with Gasteiger partial charge in [-0.25, -0.2) is 0 Å². The smallest absolute Gasteiger partial charge is 0.319 e. The molecule has 0 radical (unpaired) electrons. The molecule has 1 rings (SSSR count). The lowest BCUT2D eigenvalue weighted by Gasteiger charge is -2.29. The van der Waals surface area contributed by atoms with Gasteiger partial charge in [0.2, 0.25) is 5.91 Å². The van der Waals surface area contributed by atoms with Crippen LogP contribution >= 0.6 is 0 Å². The molecule has 1 aliphatic carbocycles. The van der Waals surface area contributed by atoms with Crippen molar-refractivity contribution >= 4 is 11.9 Å². The first-order chi connectivity index (χ1) is 9.14. The SMILES string of the molecule is CCOC(=O)C(C(=O)NCC1(C(C)C)CC1)C(C)(C)C. The van der Waals surface area contributed by atoms with Crippen LogP contribution in [0, 0.1) is 22.7 Å². The van der Waals surface area contributed by atoms with E-state index in [2.05, 4.69) is 19.2 Å². The maximum atomic E-state index is 12.4. The first-order valence-electron chi connectivity index (χ1n) is 7.58. The van der Waals surface area contributed by atoms with Gasteiger partial charge in [-0.05, 0) is 36.5 Å². The third-order valence-electron chi connectivity index (χ3n) is 4.38. The van der Waals surface area contributed by atoms with Gasteiger partial charge in [0.25, 0.3) is 0 Å². The average molecular weight is 283 g/mol. The minimum absolute atomic E-state index is 0.206. The monoisotopic (exact) mass is 283 g/mol. The summed E-state index contributed by atoms with van der Waals surface area (Å²) < 4.78 is 5.05. The van der Waals surface area contributed by atoms with Gasteiger partial charge >= 0.3 is 5.97 Å². The van der Waals surface area contributed by atoms with Crippen LogP contribution in [0.3, 0.4) is 0 Å². The summed E-state index contributed by atoms with van der Waals surface area (Å²) in [6, 6.07) is 0. The third-order valence-corrected chi connectivity index (χ3v) is 4.38. The quantitative estimate of drug-likeness (QED) is 0.602. The summed E-state index contributed by atoms with van der Waals surface area (Å²) >= 11 is 0. The molecule has 0 spiro atoms. The van der Waals surface area contributed by atoms with Crippen molar-refractivity contribution in [3.05, 3.63) is 0 Å². The van der Waals surface area contributed by atoms with Crippen molar-refractivity contribution < 1.29 is 14.3 Å². The summed E-state index contributed by atoms with van der Waals surface area (Å²) in [5.41, 5.74) is -0.197. The summed E-state index contributed by atoms with van der Waals surface area (Å²) in [6.45, 7) is 12.8. The highest BCUT2D eigenvalue weighted by atomic mass is 16.5. The molecule has 0 aromatic carbocycles. The summed E-state index contributed by atoms with van der Waals surface area (Å²) in [7, 11) is 0. The number of ether oxygens (including phenoxy) is 1. The number of carbonyl (C=O) groups excluding carboxylic acids is 2. The number of rotatable bonds is 6. The summed E-state index contributed by atoms with van der Waals surface area (Å²) in [6.07, 6.45) is 2.31. The van der Waals surface area contributed by atoms with Gasteiger partial charge in [0, 0.05) is 6.54 Å². The van der Waals surface area contributed by atoms with E-state index in [1.807, 2.05) is 20.8 Å². The fourth-order valence-electron chi connectivity index (χ4n) is 2.56. The van der Waals surface area contributed by atoms with E-state index in [0.717, 1.165) is 12.8 Å². The highest BCUT2D eigenvalue weighted by molar-refractivity contribution is 5.98. The maximum Gasteiger partial charge on any atom is 0.319 e. The van der Waals surface area contributed by atoms with Gasteiger partial charge in [-0.3, -0.25) is 9.59 Å². The van der Waals surface area contributed by atoms with Crippen molar-refractivity contribution in [2.75, 3.05) is 13.2 Å². The van der Waals surface area contributed by atoms with Crippen molar-refractivity contribution in [2.45, 2.75) is 54.4 Å². The van der Waals surface area contributed by atoms with Crippen LogP contribution in [0.25, 0.3) is 0 Å². The van der Waals surface area contributed by atoms with E-state index in [0.29, 0.717) is 19.1 Å². The van der Waals surface area contributed by atoms with E-state index in [4.69, 9.17) is 4.74 Å². The van der Waals surface area contributed by atoms with Crippen LogP contribution < -0.4 is 5.32 Å². The van der Waals surface area contributed by atoms with Crippen LogP contribution in [-0.2, 0) is 14.3 Å². The lowest BCUT2D eigenvalue weighted by Crippen LogP contribution is -2.45. The zero-order chi connectivity index (χ0) is 15.6. The van der Waals surface area contributed by atoms with Crippen molar-refractivity contribution in [3.8, 4) is 0 Å². The summed E-state index contributed by atoms with van der Waals surface area (Å²) in [4.78, 5) is 24.4. The zero-order valence-electron chi connectivity index (χ0n) is 13.7. The van der Waals surface area contributed by atoms with Gasteiger partial charge in [0.15, 0.2) is 0 Å². The molecule has 0 bridgehead atoms. The molecular formula is C16H29NO3. The van der Waals surface area contributed by atoms with Crippen molar-refractivity contribution in [2.24, 2.45) is 22.7 Å². The fraction of sp³-hybridized carbons (Fsp3) is 0.875.